The van der Waals surface area contributed by atoms with Gasteiger partial charge in [0, 0.05) is 0 Å². The van der Waals surface area contributed by atoms with Gasteiger partial charge in [-0.1, -0.05) is 0 Å². The number of aliphatic hydroxyl groups excluding tert-OH is 6. The van der Waals surface area contributed by atoms with Gasteiger partial charge in [0.15, 0.2) is 5.78 Å². The summed E-state index contributed by atoms with van der Waals surface area (Å²) >= 11 is 0. The van der Waals surface area contributed by atoms with Crippen molar-refractivity contribution in [2.45, 2.75) is 24.4 Å². The minimum Gasteiger partial charge on any atom is -0.394 e. The standard InChI is InChI=1S/C9H19O11P/c10-1-5(12)3-19-21(17,18)20-4-7(14)9(16)8(15)6(13)2-11/h5-6,8-13,15-16H,1-4H2,(H,17,18)/t5?,6?,8-,9-/m1/s1. The minimum atomic E-state index is -4.71. The second-order valence-corrected chi connectivity index (χ2v) is 5.48. The highest BCUT2D eigenvalue weighted by Gasteiger charge is 2.32. The smallest absolute Gasteiger partial charge is 0.394 e. The Balaban J connectivity index is 4.30. The van der Waals surface area contributed by atoms with Crippen molar-refractivity contribution in [2.24, 2.45) is 0 Å². The van der Waals surface area contributed by atoms with Crippen molar-refractivity contribution in [2.75, 3.05) is 26.4 Å². The van der Waals surface area contributed by atoms with Gasteiger partial charge in [-0.05, 0) is 0 Å². The average Bonchev–Trinajstić information content (AvgIpc) is 2.47. The Morgan fingerprint density at radius 1 is 1.05 bits per heavy atom. The summed E-state index contributed by atoms with van der Waals surface area (Å²) in [4.78, 5) is 20.5. The first-order valence-electron chi connectivity index (χ1n) is 5.73. The Morgan fingerprint density at radius 3 is 2.10 bits per heavy atom. The van der Waals surface area contributed by atoms with Crippen molar-refractivity contribution in [1.29, 1.82) is 0 Å². The highest BCUT2D eigenvalue weighted by atomic mass is 31.2. The molecule has 11 nitrogen and oxygen atoms in total. The summed E-state index contributed by atoms with van der Waals surface area (Å²) in [6.45, 7) is -3.48. The van der Waals surface area contributed by atoms with E-state index in [0.29, 0.717) is 0 Å². The number of hydrogen-bond acceptors (Lipinski definition) is 10. The topological polar surface area (TPSA) is 194 Å². The molecule has 0 aromatic carbocycles. The molecule has 0 saturated carbocycles. The Morgan fingerprint density at radius 2 is 1.62 bits per heavy atom. The van der Waals surface area contributed by atoms with Crippen molar-refractivity contribution in [1.82, 2.24) is 0 Å². The third kappa shape index (κ3) is 7.93. The second kappa shape index (κ2) is 9.54. The third-order valence-corrected chi connectivity index (χ3v) is 3.18. The first kappa shape index (κ1) is 20.5. The van der Waals surface area contributed by atoms with E-state index in [4.69, 9.17) is 25.3 Å². The van der Waals surface area contributed by atoms with Crippen LogP contribution in [0.1, 0.15) is 0 Å². The van der Waals surface area contributed by atoms with Gasteiger partial charge in [-0.2, -0.15) is 0 Å². The fourth-order valence-corrected chi connectivity index (χ4v) is 1.74. The number of phosphoric ester groups is 1. The summed E-state index contributed by atoms with van der Waals surface area (Å²) in [6.07, 6.45) is -7.34. The van der Waals surface area contributed by atoms with Gasteiger partial charge in [0.2, 0.25) is 0 Å². The van der Waals surface area contributed by atoms with Crippen LogP contribution in [0.25, 0.3) is 0 Å². The van der Waals surface area contributed by atoms with E-state index in [1.54, 1.807) is 0 Å². The molecule has 0 aromatic heterocycles. The van der Waals surface area contributed by atoms with E-state index in [2.05, 4.69) is 9.05 Å². The van der Waals surface area contributed by atoms with Crippen LogP contribution in [-0.4, -0.2) is 92.2 Å². The summed E-state index contributed by atoms with van der Waals surface area (Å²) in [5.41, 5.74) is 0. The maximum absolute atomic E-state index is 11.3. The van der Waals surface area contributed by atoms with Crippen molar-refractivity contribution in [3.63, 3.8) is 0 Å². The van der Waals surface area contributed by atoms with E-state index in [-0.39, 0.29) is 0 Å². The van der Waals surface area contributed by atoms with E-state index in [9.17, 15) is 19.6 Å². The number of rotatable bonds is 11. The van der Waals surface area contributed by atoms with Gasteiger partial charge < -0.3 is 35.5 Å². The molecule has 12 heteroatoms. The lowest BCUT2D eigenvalue weighted by molar-refractivity contribution is -0.142. The van der Waals surface area contributed by atoms with Crippen LogP contribution < -0.4 is 0 Å². The maximum Gasteiger partial charge on any atom is 0.472 e. The Labute approximate surface area is 119 Å². The zero-order valence-corrected chi connectivity index (χ0v) is 11.7. The molecule has 0 heterocycles. The highest BCUT2D eigenvalue weighted by molar-refractivity contribution is 7.47. The number of carbonyl (C=O) groups excluding carboxylic acids is 1. The molecule has 0 spiro atoms. The van der Waals surface area contributed by atoms with E-state index >= 15 is 0 Å². The lowest BCUT2D eigenvalue weighted by Gasteiger charge is -2.21. The molecule has 21 heavy (non-hydrogen) atoms. The van der Waals surface area contributed by atoms with Crippen LogP contribution in [0, 0.1) is 0 Å². The molecule has 0 aliphatic heterocycles. The molecule has 3 unspecified atom stereocenters. The third-order valence-electron chi connectivity index (χ3n) is 2.25. The Bertz CT molecular complexity index is 362. The minimum absolute atomic E-state index is 0.719. The second-order valence-electron chi connectivity index (χ2n) is 4.03. The normalized spacial score (nSPS) is 20.3. The Kier molecular flexibility index (Phi) is 9.33. The molecule has 0 aromatic rings. The number of Topliss-reactive ketones (excluding diaryl/α,β-unsaturated/α-hetero) is 1. The molecule has 5 atom stereocenters. The number of hydrogen-bond donors (Lipinski definition) is 7. The van der Waals surface area contributed by atoms with E-state index in [0.717, 1.165) is 0 Å². The van der Waals surface area contributed by atoms with Crippen LogP contribution in [0.15, 0.2) is 0 Å². The summed E-state index contributed by atoms with van der Waals surface area (Å²) in [7, 11) is -4.71. The average molecular weight is 334 g/mol. The molecule has 0 rings (SSSR count). The van der Waals surface area contributed by atoms with Crippen LogP contribution in [0.2, 0.25) is 0 Å². The van der Waals surface area contributed by atoms with Crippen molar-refractivity contribution in [3.8, 4) is 0 Å². The van der Waals surface area contributed by atoms with Gasteiger partial charge in [-0.3, -0.25) is 13.8 Å². The molecule has 0 radical (unpaired) electrons. The van der Waals surface area contributed by atoms with Crippen molar-refractivity contribution >= 4 is 13.6 Å². The fourth-order valence-electron chi connectivity index (χ4n) is 1.01. The SMILES string of the molecule is O=C(COP(=O)(O)OCC(O)CO)[C@@H](O)[C@H](O)C(O)CO. The molecular formula is C9H19O11P. The Hall–Kier alpha value is -0.460. The van der Waals surface area contributed by atoms with Gasteiger partial charge in [0.1, 0.15) is 31.0 Å². The molecule has 126 valence electrons. The molecule has 0 aliphatic rings. The number of aliphatic hydroxyl groups is 6. The number of ketones is 1. The van der Waals surface area contributed by atoms with Crippen molar-refractivity contribution < 1.29 is 53.9 Å². The number of phosphoric acid groups is 1. The zero-order valence-electron chi connectivity index (χ0n) is 10.8. The van der Waals surface area contributed by atoms with Gasteiger partial charge in [0.25, 0.3) is 0 Å². The van der Waals surface area contributed by atoms with E-state index in [1.165, 1.54) is 0 Å². The molecule has 0 bridgehead atoms. The largest absolute Gasteiger partial charge is 0.472 e. The van der Waals surface area contributed by atoms with Gasteiger partial charge >= 0.3 is 7.82 Å². The molecular weight excluding hydrogens is 315 g/mol. The lowest BCUT2D eigenvalue weighted by Crippen LogP contribution is -2.45. The summed E-state index contributed by atoms with van der Waals surface area (Å²) in [5, 5.41) is 53.4. The van der Waals surface area contributed by atoms with Gasteiger partial charge in [0.05, 0.1) is 19.8 Å². The first-order valence-corrected chi connectivity index (χ1v) is 7.22. The molecule has 0 aliphatic carbocycles. The molecule has 0 fully saturated rings. The van der Waals surface area contributed by atoms with Crippen LogP contribution in [0.4, 0.5) is 0 Å². The van der Waals surface area contributed by atoms with Crippen LogP contribution in [0.5, 0.6) is 0 Å². The molecule has 7 N–H and O–H groups in total. The maximum atomic E-state index is 11.3. The first-order chi connectivity index (χ1) is 9.64. The van der Waals surface area contributed by atoms with E-state index in [1.807, 2.05) is 0 Å². The predicted octanol–water partition coefficient (Wildman–Crippen LogP) is -3.88. The zero-order chi connectivity index (χ0) is 16.6. The van der Waals surface area contributed by atoms with E-state index < -0.39 is 64.4 Å². The highest BCUT2D eigenvalue weighted by Crippen LogP contribution is 2.43. The molecule has 0 amide bonds. The monoisotopic (exact) mass is 334 g/mol. The number of carbonyl (C=O) groups is 1. The summed E-state index contributed by atoms with van der Waals surface area (Å²) < 4.78 is 19.7. The predicted molar refractivity (Wildman–Crippen MR) is 64.9 cm³/mol. The quantitative estimate of drug-likeness (QED) is 0.183. The van der Waals surface area contributed by atoms with Gasteiger partial charge in [-0.15, -0.1) is 0 Å². The summed E-state index contributed by atoms with van der Waals surface area (Å²) in [6, 6.07) is 0. The molecule has 0 saturated heterocycles. The van der Waals surface area contributed by atoms with Crippen LogP contribution in [0.3, 0.4) is 0 Å². The lowest BCUT2D eigenvalue weighted by atomic mass is 10.1. The summed E-state index contributed by atoms with van der Waals surface area (Å²) in [5.74, 6) is -1.24. The van der Waals surface area contributed by atoms with Crippen LogP contribution in [-0.2, 0) is 18.4 Å². The van der Waals surface area contributed by atoms with Crippen molar-refractivity contribution in [3.05, 3.63) is 0 Å². The fraction of sp³-hybridized carbons (Fsp3) is 0.889. The van der Waals surface area contributed by atoms with Gasteiger partial charge in [-0.25, -0.2) is 4.57 Å². The van der Waals surface area contributed by atoms with Crippen LogP contribution >= 0.6 is 7.82 Å².